The van der Waals surface area contributed by atoms with Gasteiger partial charge in [-0.2, -0.15) is 0 Å². The largest absolute Gasteiger partial charge is 0.470 e. The minimum Gasteiger partial charge on any atom is -0.470 e. The Morgan fingerprint density at radius 1 is 0.676 bits per heavy atom. The number of aromatic nitrogens is 1. The minimum absolute atomic E-state index is 0.281. The zero-order chi connectivity index (χ0) is 46.7. The van der Waals surface area contributed by atoms with E-state index in [0.29, 0.717) is 12.3 Å². The third-order valence-corrected chi connectivity index (χ3v) is 13.3. The van der Waals surface area contributed by atoms with Crippen LogP contribution in [0.15, 0.2) is 230 Å². The van der Waals surface area contributed by atoms with Gasteiger partial charge in [0.05, 0.1) is 11.0 Å². The first-order chi connectivity index (χ1) is 33.3. The standard InChI is InChI=1S/C65H54N2O/c1-7-21-54-53(8-2)55-28-17-18-29-56(55)60-41-58(59(42-61(54)60)50-37-39-64-62(40-50)57-30-19-20-31-63(57)67(64)51-25-13-10-14-26-51)46(6)66-65(45(5)44(4)47-34-32-43(3)33-35-47)68-52-27-16-15-24-49(36-38-52)48-22-11-9-12-23-48/h7-26,28-42,52H,2,4,27H2,1,3,5-6H3/b16-15-,21-7-,38-36?,49-24+,65-45+,66-46+. The van der Waals surface area contributed by atoms with Gasteiger partial charge in [-0.15, -0.1) is 0 Å². The predicted molar refractivity (Wildman–Crippen MR) is 293 cm³/mol. The summed E-state index contributed by atoms with van der Waals surface area (Å²) in [5.74, 6) is 0.538. The molecule has 0 N–H and O–H groups in total. The van der Waals surface area contributed by atoms with Crippen molar-refractivity contribution in [1.29, 1.82) is 0 Å². The average Bonchev–Trinajstić information content (AvgIpc) is 3.70. The molecule has 1 aliphatic rings. The molecule has 0 bridgehead atoms. The molecule has 10 rings (SSSR count). The third-order valence-electron chi connectivity index (χ3n) is 13.3. The lowest BCUT2D eigenvalue weighted by Crippen LogP contribution is -2.12. The molecule has 0 saturated carbocycles. The second-order valence-corrected chi connectivity index (χ2v) is 17.6. The minimum atomic E-state index is -0.281. The van der Waals surface area contributed by atoms with Crippen molar-refractivity contribution in [3.8, 4) is 16.8 Å². The van der Waals surface area contributed by atoms with Crippen molar-refractivity contribution in [3.05, 3.63) is 258 Å². The molecule has 0 fully saturated rings. The van der Waals surface area contributed by atoms with Gasteiger partial charge in [0.1, 0.15) is 6.10 Å². The van der Waals surface area contributed by atoms with Crippen LogP contribution in [-0.2, 0) is 4.74 Å². The first-order valence-electron chi connectivity index (χ1n) is 23.5. The highest BCUT2D eigenvalue weighted by Gasteiger charge is 2.21. The van der Waals surface area contributed by atoms with E-state index >= 15 is 0 Å². The van der Waals surface area contributed by atoms with Crippen LogP contribution >= 0.6 is 0 Å². The first-order valence-corrected chi connectivity index (χ1v) is 23.5. The normalized spacial score (nSPS) is 15.9. The maximum Gasteiger partial charge on any atom is 0.217 e. The number of ether oxygens (including phenoxy) is 1. The van der Waals surface area contributed by atoms with Gasteiger partial charge in [-0.3, -0.25) is 0 Å². The van der Waals surface area contributed by atoms with Crippen LogP contribution in [0.3, 0.4) is 0 Å². The number of rotatable bonds is 11. The van der Waals surface area contributed by atoms with Crippen molar-refractivity contribution in [2.45, 2.75) is 40.2 Å². The predicted octanol–water partition coefficient (Wildman–Crippen LogP) is 17.5. The second kappa shape index (κ2) is 18.9. The summed E-state index contributed by atoms with van der Waals surface area (Å²) in [6.07, 6.45) is 17.5. The Hall–Kier alpha value is -8.27. The number of nitrogens with zero attached hydrogens (tertiary/aromatic N) is 2. The van der Waals surface area contributed by atoms with Crippen LogP contribution in [-0.4, -0.2) is 16.4 Å². The van der Waals surface area contributed by atoms with Crippen LogP contribution < -0.4 is 0 Å². The summed E-state index contributed by atoms with van der Waals surface area (Å²) in [7, 11) is 0. The second-order valence-electron chi connectivity index (χ2n) is 17.6. The van der Waals surface area contributed by atoms with Gasteiger partial charge in [-0.25, -0.2) is 4.99 Å². The van der Waals surface area contributed by atoms with E-state index in [0.717, 1.165) is 94.1 Å². The van der Waals surface area contributed by atoms with Gasteiger partial charge >= 0.3 is 0 Å². The van der Waals surface area contributed by atoms with Gasteiger partial charge in [-0.05, 0) is 142 Å². The molecule has 8 aromatic carbocycles. The molecule has 9 aromatic rings. The number of aliphatic imine (C=N–C) groups is 1. The van der Waals surface area contributed by atoms with Crippen LogP contribution in [0.2, 0.25) is 0 Å². The fourth-order valence-corrected chi connectivity index (χ4v) is 9.68. The van der Waals surface area contributed by atoms with Crippen LogP contribution in [0.5, 0.6) is 0 Å². The summed E-state index contributed by atoms with van der Waals surface area (Å²) >= 11 is 0. The molecule has 0 spiro atoms. The lowest BCUT2D eigenvalue weighted by molar-refractivity contribution is 0.153. The van der Waals surface area contributed by atoms with E-state index in [1.54, 1.807) is 0 Å². The third kappa shape index (κ3) is 8.29. The molecule has 3 nitrogen and oxygen atoms in total. The number of allylic oxidation sites excluding steroid dienone is 7. The first kappa shape index (κ1) is 43.6. The van der Waals surface area contributed by atoms with E-state index in [4.69, 9.17) is 9.73 Å². The molecular formula is C65H54N2O. The van der Waals surface area contributed by atoms with Gasteiger partial charge < -0.3 is 9.30 Å². The van der Waals surface area contributed by atoms with Gasteiger partial charge in [-0.1, -0.05) is 183 Å². The van der Waals surface area contributed by atoms with Crippen molar-refractivity contribution in [1.82, 2.24) is 4.57 Å². The highest BCUT2D eigenvalue weighted by molar-refractivity contribution is 6.19. The Bertz CT molecular complexity index is 3610. The number of benzene rings is 8. The zero-order valence-corrected chi connectivity index (χ0v) is 39.2. The monoisotopic (exact) mass is 878 g/mol. The molecular weight excluding hydrogens is 825 g/mol. The van der Waals surface area contributed by atoms with Crippen molar-refractivity contribution in [2.24, 2.45) is 4.99 Å². The maximum absolute atomic E-state index is 7.11. The molecule has 1 heterocycles. The number of para-hydroxylation sites is 2. The van der Waals surface area contributed by atoms with Gasteiger partial charge in [0.2, 0.25) is 5.88 Å². The molecule has 330 valence electrons. The van der Waals surface area contributed by atoms with Crippen LogP contribution in [0, 0.1) is 6.92 Å². The topological polar surface area (TPSA) is 26.5 Å². The van der Waals surface area contributed by atoms with Crippen LogP contribution in [0.4, 0.5) is 0 Å². The lowest BCUT2D eigenvalue weighted by atomic mass is 9.86. The Morgan fingerprint density at radius 2 is 1.37 bits per heavy atom. The number of aryl methyl sites for hydroxylation is 1. The lowest BCUT2D eigenvalue weighted by Gasteiger charge is -2.21. The Morgan fingerprint density at radius 3 is 2.12 bits per heavy atom. The molecule has 0 amide bonds. The summed E-state index contributed by atoms with van der Waals surface area (Å²) < 4.78 is 9.48. The van der Waals surface area contributed by atoms with E-state index < -0.39 is 0 Å². The Kier molecular flexibility index (Phi) is 12.1. The summed E-state index contributed by atoms with van der Waals surface area (Å²) in [4.78, 5) is 5.56. The molecule has 1 aromatic heterocycles. The molecule has 1 unspecified atom stereocenters. The molecule has 3 heteroatoms. The SMILES string of the molecule is C=Cc1c(/C=C\C)c2cc(-c3ccc4c(c3)c3ccccc3n4-c3ccccc3)c(/C(C)=N/C(OC3C=C/C(c4ccccc4)=C\C=C/C3)=C(/C)C(=C)c3ccc(C)cc3)cc2c2ccccc12. The van der Waals surface area contributed by atoms with Crippen LogP contribution in [0.25, 0.3) is 83.5 Å². The molecule has 1 aliphatic carbocycles. The summed E-state index contributed by atoms with van der Waals surface area (Å²) in [6.45, 7) is 17.3. The van der Waals surface area contributed by atoms with E-state index in [1.807, 2.05) is 12.1 Å². The van der Waals surface area contributed by atoms with E-state index in [9.17, 15) is 0 Å². The van der Waals surface area contributed by atoms with E-state index in [2.05, 4.69) is 246 Å². The quantitative estimate of drug-likeness (QED) is 0.0550. The molecule has 1 atom stereocenters. The molecule has 68 heavy (non-hydrogen) atoms. The number of hydrogen-bond acceptors (Lipinski definition) is 2. The van der Waals surface area contributed by atoms with Gasteiger partial charge in [0, 0.05) is 39.7 Å². The van der Waals surface area contributed by atoms with Crippen LogP contribution in [0.1, 0.15) is 60.6 Å². The van der Waals surface area contributed by atoms with Crippen molar-refractivity contribution in [3.63, 3.8) is 0 Å². The van der Waals surface area contributed by atoms with Crippen molar-refractivity contribution in [2.75, 3.05) is 0 Å². The van der Waals surface area contributed by atoms with Crippen molar-refractivity contribution >= 4 is 72.4 Å². The average molecular weight is 879 g/mol. The summed E-state index contributed by atoms with van der Waals surface area (Å²) in [5.41, 5.74) is 16.0. The highest BCUT2D eigenvalue weighted by atomic mass is 16.5. The van der Waals surface area contributed by atoms with Gasteiger partial charge in [0.25, 0.3) is 0 Å². The van der Waals surface area contributed by atoms with Crippen molar-refractivity contribution < 1.29 is 4.74 Å². The number of fused-ring (bicyclic) bond motifs is 6. The smallest absolute Gasteiger partial charge is 0.217 e. The van der Waals surface area contributed by atoms with Gasteiger partial charge in [0.15, 0.2) is 0 Å². The zero-order valence-electron chi connectivity index (χ0n) is 39.2. The number of hydrogen-bond donors (Lipinski definition) is 0. The highest BCUT2D eigenvalue weighted by Crippen LogP contribution is 2.41. The summed E-state index contributed by atoms with van der Waals surface area (Å²) in [5, 5.41) is 7.01. The fraction of sp³-hybridized carbons (Fsp3) is 0.0923. The Labute approximate surface area is 400 Å². The fourth-order valence-electron chi connectivity index (χ4n) is 9.68. The molecule has 0 saturated heterocycles. The molecule has 0 radical (unpaired) electrons. The van der Waals surface area contributed by atoms with E-state index in [-0.39, 0.29) is 6.10 Å². The Balaban J connectivity index is 1.20. The maximum atomic E-state index is 7.11. The molecule has 0 aliphatic heterocycles. The van der Waals surface area contributed by atoms with E-state index in [1.165, 1.54) is 21.9 Å². The summed E-state index contributed by atoms with van der Waals surface area (Å²) in [6, 6.07) is 58.6.